The van der Waals surface area contributed by atoms with Crippen molar-refractivity contribution >= 4 is 28.5 Å². The van der Waals surface area contributed by atoms with E-state index in [4.69, 9.17) is 14.3 Å². The molecular formula is C31H34N2O5. The number of carboxylic acids is 1. The summed E-state index contributed by atoms with van der Waals surface area (Å²) >= 11 is 0. The fourth-order valence-corrected chi connectivity index (χ4v) is 4.15. The molecule has 0 aliphatic heterocycles. The largest absolute Gasteiger partial charge is 0.481 e. The lowest BCUT2D eigenvalue weighted by Gasteiger charge is -2.21. The maximum absolute atomic E-state index is 12.2. The van der Waals surface area contributed by atoms with Gasteiger partial charge in [0.05, 0.1) is 19.1 Å². The zero-order valence-electron chi connectivity index (χ0n) is 21.8. The van der Waals surface area contributed by atoms with E-state index in [1.807, 2.05) is 36.4 Å². The van der Waals surface area contributed by atoms with Gasteiger partial charge in [0, 0.05) is 35.4 Å². The summed E-state index contributed by atoms with van der Waals surface area (Å²) in [6.45, 7) is 5.57. The van der Waals surface area contributed by atoms with Gasteiger partial charge in [-0.2, -0.15) is 0 Å². The Hall–Kier alpha value is -4.10. The van der Waals surface area contributed by atoms with Crippen LogP contribution in [0.3, 0.4) is 0 Å². The molecular weight excluding hydrogens is 480 g/mol. The van der Waals surface area contributed by atoms with Crippen LogP contribution in [0.5, 0.6) is 0 Å². The number of carbonyl (C=O) groups is 2. The Morgan fingerprint density at radius 2 is 1.68 bits per heavy atom. The van der Waals surface area contributed by atoms with Gasteiger partial charge in [-0.3, -0.25) is 9.59 Å². The van der Waals surface area contributed by atoms with Crippen molar-refractivity contribution in [1.82, 2.24) is 5.32 Å². The second-order valence-corrected chi connectivity index (χ2v) is 9.80. The zero-order valence-corrected chi connectivity index (χ0v) is 21.8. The van der Waals surface area contributed by atoms with Crippen molar-refractivity contribution in [2.45, 2.75) is 32.7 Å². The Morgan fingerprint density at radius 3 is 2.37 bits per heavy atom. The molecule has 0 aliphatic rings. The Morgan fingerprint density at radius 1 is 0.947 bits per heavy atom. The average molecular weight is 515 g/mol. The van der Waals surface area contributed by atoms with Crippen LogP contribution in [-0.2, 0) is 16.0 Å². The van der Waals surface area contributed by atoms with Crippen LogP contribution < -0.4 is 10.6 Å². The zero-order chi connectivity index (χ0) is 26.9. The standard InChI is InChI=1S/C31H34N2O5/c1-21(2)19-37-20-27(33-26-13-11-24(12-14-26)31(36)32-16-15-30(34)35)17-22-7-9-23(10-8-22)29-18-25-5-3-4-6-28(25)38-29/h3-14,18,21,27,33H,15-17,19-20H2,1-2H3,(H,32,36)(H,34,35). The smallest absolute Gasteiger partial charge is 0.305 e. The van der Waals surface area contributed by atoms with E-state index in [0.717, 1.165) is 34.4 Å². The van der Waals surface area contributed by atoms with Crippen molar-refractivity contribution < 1.29 is 23.8 Å². The third-order valence-corrected chi connectivity index (χ3v) is 6.06. The van der Waals surface area contributed by atoms with Gasteiger partial charge in [-0.25, -0.2) is 0 Å². The minimum Gasteiger partial charge on any atom is -0.481 e. The van der Waals surface area contributed by atoms with Gasteiger partial charge < -0.3 is 24.9 Å². The maximum Gasteiger partial charge on any atom is 0.305 e. The molecule has 4 rings (SSSR count). The molecule has 1 heterocycles. The van der Waals surface area contributed by atoms with Gasteiger partial charge in [0.25, 0.3) is 5.91 Å². The molecule has 3 aromatic carbocycles. The minimum atomic E-state index is -0.945. The summed E-state index contributed by atoms with van der Waals surface area (Å²) in [4.78, 5) is 22.9. The molecule has 3 N–H and O–H groups in total. The van der Waals surface area contributed by atoms with E-state index < -0.39 is 5.97 Å². The predicted molar refractivity (Wildman–Crippen MR) is 149 cm³/mol. The number of carbonyl (C=O) groups excluding carboxylic acids is 1. The van der Waals surface area contributed by atoms with Crippen LogP contribution in [-0.4, -0.2) is 42.8 Å². The summed E-state index contributed by atoms with van der Waals surface area (Å²) in [5.41, 5.74) is 4.44. The van der Waals surface area contributed by atoms with E-state index >= 15 is 0 Å². The van der Waals surface area contributed by atoms with E-state index in [-0.39, 0.29) is 24.9 Å². The molecule has 0 bridgehead atoms. The van der Waals surface area contributed by atoms with Gasteiger partial charge in [0.15, 0.2) is 0 Å². The topological polar surface area (TPSA) is 101 Å². The molecule has 1 aromatic heterocycles. The summed E-state index contributed by atoms with van der Waals surface area (Å²) in [6, 6.07) is 25.6. The first-order valence-corrected chi connectivity index (χ1v) is 12.9. The molecule has 7 heteroatoms. The van der Waals surface area contributed by atoms with E-state index in [1.165, 1.54) is 5.56 Å². The summed E-state index contributed by atoms with van der Waals surface area (Å²) < 4.78 is 12.0. The van der Waals surface area contributed by atoms with Gasteiger partial charge in [0.2, 0.25) is 0 Å². The lowest BCUT2D eigenvalue weighted by Crippen LogP contribution is -2.29. The van der Waals surface area contributed by atoms with Crippen LogP contribution in [0.1, 0.15) is 36.2 Å². The molecule has 7 nitrogen and oxygen atoms in total. The highest BCUT2D eigenvalue weighted by Gasteiger charge is 2.13. The highest BCUT2D eigenvalue weighted by atomic mass is 16.5. The third-order valence-electron chi connectivity index (χ3n) is 6.06. The number of hydrogen-bond donors (Lipinski definition) is 3. The van der Waals surface area contributed by atoms with Crippen molar-refractivity contribution in [3.05, 3.63) is 90.0 Å². The van der Waals surface area contributed by atoms with Gasteiger partial charge in [-0.05, 0) is 54.3 Å². The van der Waals surface area contributed by atoms with Crippen LogP contribution >= 0.6 is 0 Å². The van der Waals surface area contributed by atoms with E-state index in [0.29, 0.717) is 24.7 Å². The molecule has 198 valence electrons. The number of hydrogen-bond acceptors (Lipinski definition) is 5. The lowest BCUT2D eigenvalue weighted by molar-refractivity contribution is -0.136. The van der Waals surface area contributed by atoms with Crippen molar-refractivity contribution in [1.29, 1.82) is 0 Å². The number of benzene rings is 3. The van der Waals surface area contributed by atoms with Gasteiger partial charge in [-0.15, -0.1) is 0 Å². The Balaban J connectivity index is 1.40. The number of ether oxygens (including phenoxy) is 1. The molecule has 38 heavy (non-hydrogen) atoms. The quantitative estimate of drug-likeness (QED) is 0.202. The minimum absolute atomic E-state index is 0.0287. The number of para-hydroxylation sites is 1. The fraction of sp³-hybridized carbons (Fsp3) is 0.290. The molecule has 1 unspecified atom stereocenters. The maximum atomic E-state index is 12.2. The van der Waals surface area contributed by atoms with Gasteiger partial charge >= 0.3 is 5.97 Å². The monoisotopic (exact) mass is 514 g/mol. The SMILES string of the molecule is CC(C)COCC(Cc1ccc(-c2cc3ccccc3o2)cc1)Nc1ccc(C(=O)NCCC(=O)O)cc1. The van der Waals surface area contributed by atoms with Crippen molar-refractivity contribution in [3.8, 4) is 11.3 Å². The highest BCUT2D eigenvalue weighted by molar-refractivity contribution is 5.94. The molecule has 0 spiro atoms. The van der Waals surface area contributed by atoms with Crippen molar-refractivity contribution in [3.63, 3.8) is 0 Å². The molecule has 0 aliphatic carbocycles. The number of aliphatic carboxylic acids is 1. The van der Waals surface area contributed by atoms with Gasteiger partial charge in [-0.1, -0.05) is 56.3 Å². The summed E-state index contributed by atoms with van der Waals surface area (Å²) in [7, 11) is 0. The second kappa shape index (κ2) is 12.9. The number of nitrogens with one attached hydrogen (secondary N) is 2. The molecule has 0 saturated carbocycles. The third kappa shape index (κ3) is 7.70. The van der Waals surface area contributed by atoms with Gasteiger partial charge in [0.1, 0.15) is 11.3 Å². The van der Waals surface area contributed by atoms with E-state index in [2.05, 4.69) is 54.8 Å². The van der Waals surface area contributed by atoms with Crippen LogP contribution in [0.4, 0.5) is 5.69 Å². The molecule has 4 aromatic rings. The molecule has 1 amide bonds. The van der Waals surface area contributed by atoms with E-state index in [1.54, 1.807) is 12.1 Å². The molecule has 0 radical (unpaired) electrons. The first-order valence-electron chi connectivity index (χ1n) is 12.9. The Kier molecular flexibility index (Phi) is 9.16. The lowest BCUT2D eigenvalue weighted by atomic mass is 10.0. The number of carboxylic acid groups (broad SMARTS) is 1. The second-order valence-electron chi connectivity index (χ2n) is 9.80. The first-order chi connectivity index (χ1) is 18.4. The number of amides is 1. The molecule has 1 atom stereocenters. The molecule has 0 saturated heterocycles. The van der Waals surface area contributed by atoms with Crippen molar-refractivity contribution in [2.75, 3.05) is 25.1 Å². The predicted octanol–water partition coefficient (Wildman–Crippen LogP) is 6.00. The first kappa shape index (κ1) is 26.9. The Labute approximate surface area is 222 Å². The highest BCUT2D eigenvalue weighted by Crippen LogP contribution is 2.28. The number of furan rings is 1. The van der Waals surface area contributed by atoms with Crippen LogP contribution in [0, 0.1) is 5.92 Å². The van der Waals surface area contributed by atoms with E-state index in [9.17, 15) is 9.59 Å². The number of rotatable bonds is 13. The van der Waals surface area contributed by atoms with Crippen LogP contribution in [0.2, 0.25) is 0 Å². The van der Waals surface area contributed by atoms with Crippen LogP contribution in [0.15, 0.2) is 83.3 Å². The summed E-state index contributed by atoms with van der Waals surface area (Å²) in [6.07, 6.45) is 0.651. The summed E-state index contributed by atoms with van der Waals surface area (Å²) in [5, 5.41) is 16.0. The Bertz CT molecular complexity index is 1310. The summed E-state index contributed by atoms with van der Waals surface area (Å²) in [5.74, 6) is 0.0522. The van der Waals surface area contributed by atoms with Crippen LogP contribution in [0.25, 0.3) is 22.3 Å². The normalized spacial score (nSPS) is 12.0. The number of fused-ring (bicyclic) bond motifs is 1. The average Bonchev–Trinajstić information content (AvgIpc) is 3.33. The fourth-order valence-electron chi connectivity index (χ4n) is 4.15. The molecule has 0 fully saturated rings. The van der Waals surface area contributed by atoms with Crippen molar-refractivity contribution in [2.24, 2.45) is 5.92 Å². The number of anilines is 1.